The van der Waals surface area contributed by atoms with E-state index in [1.54, 1.807) is 55.5 Å². The van der Waals surface area contributed by atoms with Crippen molar-refractivity contribution in [2.24, 2.45) is 0 Å². The summed E-state index contributed by atoms with van der Waals surface area (Å²) in [5.74, 6) is -0.103. The topological polar surface area (TPSA) is 424 Å². The molecule has 0 aliphatic carbocycles. The predicted octanol–water partition coefficient (Wildman–Crippen LogP) is -4.38. The molecule has 2 aliphatic rings. The van der Waals surface area contributed by atoms with E-state index in [0.29, 0.717) is 0 Å². The molecule has 14 unspecified atom stereocenters. The van der Waals surface area contributed by atoms with Gasteiger partial charge in [-0.25, -0.2) is 0 Å². The first kappa shape index (κ1) is 71.8. The van der Waals surface area contributed by atoms with Crippen LogP contribution in [-0.4, -0.2) is 236 Å². The van der Waals surface area contributed by atoms with E-state index in [2.05, 4.69) is 49.2 Å². The number of nitrogens with one attached hydrogen (secondary N) is 7. The van der Waals surface area contributed by atoms with Gasteiger partial charge in [0.25, 0.3) is 0 Å². The van der Waals surface area contributed by atoms with Crippen LogP contribution in [0.15, 0.2) is 0 Å². The van der Waals surface area contributed by atoms with Crippen molar-refractivity contribution < 1.29 is 103 Å². The molecule has 0 bridgehead atoms. The van der Waals surface area contributed by atoms with Gasteiger partial charge in [-0.2, -0.15) is 0 Å². The SMILES string of the molecule is CNC(CCC(=O)NC#CCC(C)(C)OC(OC(CO)[C@@H](C)O)[C@H](CO)NC(C)=O)(CCC(=O)NCC(C)(C)OC1OC(CO)C(O)C(O)C1NC(C)=O)CCC(=O)NC(C)CC(C)(C)OC1OC(CO)C(O)C(O)C1NC(C)=O. The first-order valence-electron chi connectivity index (χ1n) is 26.8. The van der Waals surface area contributed by atoms with Crippen molar-refractivity contribution in [1.82, 2.24) is 37.2 Å². The Hall–Kier alpha value is -4.26. The molecule has 2 aliphatic heterocycles. The van der Waals surface area contributed by atoms with Crippen LogP contribution in [0.4, 0.5) is 0 Å². The van der Waals surface area contributed by atoms with Crippen molar-refractivity contribution in [2.45, 2.75) is 242 Å². The number of hydrogen-bond acceptors (Lipinski definition) is 22. The fourth-order valence-electron chi connectivity index (χ4n) is 9.14. The molecule has 2 heterocycles. The van der Waals surface area contributed by atoms with Gasteiger partial charge in [0.15, 0.2) is 18.9 Å². The van der Waals surface area contributed by atoms with Crippen LogP contribution in [-0.2, 0) is 57.2 Å². The first-order valence-corrected chi connectivity index (χ1v) is 26.8. The van der Waals surface area contributed by atoms with Crippen LogP contribution in [0.25, 0.3) is 0 Å². The number of rotatable bonds is 33. The Morgan fingerprint density at radius 2 is 1.12 bits per heavy atom. The molecule has 80 heavy (non-hydrogen) atoms. The molecule has 462 valence electrons. The van der Waals surface area contributed by atoms with Gasteiger partial charge < -0.3 is 106 Å². The van der Waals surface area contributed by atoms with E-state index in [1.807, 2.05) is 0 Å². The summed E-state index contributed by atoms with van der Waals surface area (Å²) in [6.07, 6.45) is -14.7. The average molecular weight is 1150 g/mol. The van der Waals surface area contributed by atoms with E-state index in [9.17, 15) is 74.7 Å². The number of carbonyl (C=O) groups excluding carboxylic acids is 6. The van der Waals surface area contributed by atoms with Gasteiger partial charge >= 0.3 is 0 Å². The third-order valence-corrected chi connectivity index (χ3v) is 13.5. The molecule has 0 aromatic rings. The van der Waals surface area contributed by atoms with Gasteiger partial charge in [-0.1, -0.05) is 5.92 Å². The van der Waals surface area contributed by atoms with Crippen molar-refractivity contribution in [3.8, 4) is 12.0 Å². The number of amides is 6. The van der Waals surface area contributed by atoms with Gasteiger partial charge in [0, 0.05) is 70.6 Å². The Kier molecular flexibility index (Phi) is 29.8. The zero-order chi connectivity index (χ0) is 60.9. The second kappa shape index (κ2) is 33.1. The Morgan fingerprint density at radius 3 is 1.56 bits per heavy atom. The van der Waals surface area contributed by atoms with Crippen molar-refractivity contribution in [2.75, 3.05) is 40.0 Å². The van der Waals surface area contributed by atoms with E-state index >= 15 is 0 Å². The maximum Gasteiger partial charge on any atom is 0.231 e. The number of aliphatic hydroxyl groups is 9. The lowest BCUT2D eigenvalue weighted by Gasteiger charge is -2.45. The third-order valence-electron chi connectivity index (χ3n) is 13.5. The van der Waals surface area contributed by atoms with Crippen LogP contribution in [0.3, 0.4) is 0 Å². The number of hydrogen-bond donors (Lipinski definition) is 16. The summed E-state index contributed by atoms with van der Waals surface area (Å²) in [5, 5.41) is 111. The summed E-state index contributed by atoms with van der Waals surface area (Å²) in [6.45, 7) is 14.0. The minimum atomic E-state index is -1.56. The summed E-state index contributed by atoms with van der Waals surface area (Å²) in [6, 6.07) is -1.42. The molecule has 2 saturated heterocycles. The Labute approximate surface area is 468 Å². The lowest BCUT2D eigenvalue weighted by atomic mass is 9.83. The Balaban J connectivity index is 2.27. The van der Waals surface area contributed by atoms with E-state index < -0.39 is 176 Å². The van der Waals surface area contributed by atoms with Gasteiger partial charge in [0.2, 0.25) is 35.4 Å². The monoisotopic (exact) mass is 1150 g/mol. The lowest BCUT2D eigenvalue weighted by molar-refractivity contribution is -0.296. The zero-order valence-electron chi connectivity index (χ0n) is 48.3. The smallest absolute Gasteiger partial charge is 0.231 e. The molecule has 16 N–H and O–H groups in total. The summed E-state index contributed by atoms with van der Waals surface area (Å²) in [4.78, 5) is 76.5. The van der Waals surface area contributed by atoms with Crippen molar-refractivity contribution >= 4 is 35.4 Å². The highest BCUT2D eigenvalue weighted by molar-refractivity contribution is 5.79. The summed E-state index contributed by atoms with van der Waals surface area (Å²) < 4.78 is 35.6. The molecule has 0 saturated carbocycles. The van der Waals surface area contributed by atoms with Crippen LogP contribution in [0.2, 0.25) is 0 Å². The number of ether oxygens (including phenoxy) is 6. The molecule has 6 amide bonds. The van der Waals surface area contributed by atoms with Gasteiger partial charge in [-0.3, -0.25) is 34.1 Å². The molecule has 2 rings (SSSR count). The highest BCUT2D eigenvalue weighted by Crippen LogP contribution is 2.31. The molecule has 28 nitrogen and oxygen atoms in total. The number of carbonyl (C=O) groups is 6. The van der Waals surface area contributed by atoms with Crippen LogP contribution in [0.5, 0.6) is 0 Å². The average Bonchev–Trinajstić information content (AvgIpc) is 3.36. The fraction of sp³-hybridized carbons (Fsp3) is 0.846. The fourth-order valence-corrected chi connectivity index (χ4v) is 9.14. The molecular weight excluding hydrogens is 1060 g/mol. The van der Waals surface area contributed by atoms with Crippen molar-refractivity contribution in [3.63, 3.8) is 0 Å². The van der Waals surface area contributed by atoms with Gasteiger partial charge in [0.1, 0.15) is 60.9 Å². The van der Waals surface area contributed by atoms with Crippen LogP contribution in [0.1, 0.15) is 128 Å². The molecule has 0 aromatic carbocycles. The lowest BCUT2D eigenvalue weighted by Crippen LogP contribution is -2.66. The third kappa shape index (κ3) is 24.3. The van der Waals surface area contributed by atoms with E-state index in [0.717, 1.165) is 0 Å². The van der Waals surface area contributed by atoms with E-state index in [-0.39, 0.29) is 57.9 Å². The molecule has 0 spiro atoms. The molecule has 0 aromatic heterocycles. The molecule has 2 fully saturated rings. The Bertz CT molecular complexity index is 2040. The summed E-state index contributed by atoms with van der Waals surface area (Å²) in [5.41, 5.74) is -4.43. The summed E-state index contributed by atoms with van der Waals surface area (Å²) in [7, 11) is 1.63. The van der Waals surface area contributed by atoms with Crippen LogP contribution < -0.4 is 37.2 Å². The van der Waals surface area contributed by atoms with Crippen molar-refractivity contribution in [3.05, 3.63) is 0 Å². The van der Waals surface area contributed by atoms with Gasteiger partial charge in [-0.15, -0.1) is 0 Å². The minimum Gasteiger partial charge on any atom is -0.394 e. The standard InChI is InChI=1S/C52H93N7O21/c1-28(22-50(8,9)79-47-40(58-31(4)66)44(73)42(71)35(25-62)76-47)56-39(70)16-20-52(53-12,19-15-38(69)55-27-51(10,11)80-48-41(59-32(5)67)45(74)43(72)36(26-63)77-48)18-14-37(68)54-21-13-17-49(6,7)78-46(33(23-60)57-30(3)65)75-34(24-61)29(2)64/h28-29,33-36,40-48,53,60-64,71-74H,14-20,22-27H2,1-12H3,(H,54,68)(H,55,69)(H,56,70)(H,57,65)(H,58,66)(H,59,67)/t28?,29-,33+,34?,35?,36?,40?,41?,42?,43?,44?,45?,46?,47?,48?,52?/m1/s1. The second-order valence-electron chi connectivity index (χ2n) is 22.5. The highest BCUT2D eigenvalue weighted by Gasteiger charge is 2.49. The first-order chi connectivity index (χ1) is 37.2. The molecule has 28 heteroatoms. The van der Waals surface area contributed by atoms with Crippen molar-refractivity contribution in [1.29, 1.82) is 0 Å². The predicted molar refractivity (Wildman–Crippen MR) is 284 cm³/mol. The second-order valence-corrected chi connectivity index (χ2v) is 22.5. The minimum absolute atomic E-state index is 0.0146. The zero-order valence-corrected chi connectivity index (χ0v) is 48.3. The molecule has 0 radical (unpaired) electrons. The normalized spacial score (nSPS) is 26.2. The quantitative estimate of drug-likeness (QED) is 0.0168. The van der Waals surface area contributed by atoms with E-state index in [4.69, 9.17) is 28.4 Å². The summed E-state index contributed by atoms with van der Waals surface area (Å²) >= 11 is 0. The van der Waals surface area contributed by atoms with Crippen LogP contribution in [0, 0.1) is 12.0 Å². The molecule has 16 atom stereocenters. The largest absolute Gasteiger partial charge is 0.394 e. The Morgan fingerprint density at radius 1 is 0.637 bits per heavy atom. The molecular formula is C52H93N7O21. The number of aliphatic hydroxyl groups excluding tert-OH is 9. The van der Waals surface area contributed by atoms with Gasteiger partial charge in [0.05, 0.1) is 49.3 Å². The van der Waals surface area contributed by atoms with Crippen LogP contribution >= 0.6 is 0 Å². The highest BCUT2D eigenvalue weighted by atomic mass is 16.7. The van der Waals surface area contributed by atoms with Gasteiger partial charge in [-0.05, 0) is 88.1 Å². The van der Waals surface area contributed by atoms with E-state index in [1.165, 1.54) is 27.7 Å². The maximum absolute atomic E-state index is 13.7. The maximum atomic E-state index is 13.7.